The SMILES string of the molecule is CC(C)c1c2c(cc3oc4ccccc4c13)C(C)c1cccc(c1)-c1nccn1-2. The van der Waals surface area contributed by atoms with E-state index in [4.69, 9.17) is 9.40 Å². The molecule has 6 rings (SSSR count). The Morgan fingerprint density at radius 1 is 1.00 bits per heavy atom. The molecule has 0 aliphatic carbocycles. The van der Waals surface area contributed by atoms with E-state index < -0.39 is 0 Å². The molecule has 3 heteroatoms. The van der Waals surface area contributed by atoms with Gasteiger partial charge in [0.2, 0.25) is 0 Å². The van der Waals surface area contributed by atoms with Crippen LogP contribution in [0.15, 0.2) is 71.4 Å². The second-order valence-electron chi connectivity index (χ2n) is 8.32. The number of hydrogen-bond donors (Lipinski definition) is 0. The van der Waals surface area contributed by atoms with Crippen molar-refractivity contribution in [2.45, 2.75) is 32.6 Å². The molecule has 29 heavy (non-hydrogen) atoms. The molecule has 1 aliphatic heterocycles. The molecule has 3 nitrogen and oxygen atoms in total. The maximum absolute atomic E-state index is 6.33. The number of nitrogens with zero attached hydrogens (tertiary/aromatic N) is 2. The first-order valence-corrected chi connectivity index (χ1v) is 10.3. The number of furan rings is 1. The minimum atomic E-state index is 0.260. The van der Waals surface area contributed by atoms with Crippen molar-refractivity contribution in [1.29, 1.82) is 0 Å². The molecule has 1 atom stereocenters. The maximum atomic E-state index is 6.33. The van der Waals surface area contributed by atoms with Crippen LogP contribution in [0, 0.1) is 0 Å². The lowest BCUT2D eigenvalue weighted by Crippen LogP contribution is -2.12. The first-order chi connectivity index (χ1) is 14.1. The van der Waals surface area contributed by atoms with Crippen LogP contribution in [0.1, 0.15) is 49.3 Å². The zero-order chi connectivity index (χ0) is 19.7. The lowest BCUT2D eigenvalue weighted by Gasteiger charge is -2.26. The van der Waals surface area contributed by atoms with E-state index in [1.54, 1.807) is 0 Å². The second-order valence-corrected chi connectivity index (χ2v) is 8.32. The van der Waals surface area contributed by atoms with Crippen LogP contribution >= 0.6 is 0 Å². The van der Waals surface area contributed by atoms with Crippen LogP contribution in [-0.4, -0.2) is 9.55 Å². The smallest absolute Gasteiger partial charge is 0.144 e. The number of imidazole rings is 1. The van der Waals surface area contributed by atoms with Gasteiger partial charge < -0.3 is 4.42 Å². The third kappa shape index (κ3) is 2.21. The lowest BCUT2D eigenvalue weighted by molar-refractivity contribution is 0.666. The summed E-state index contributed by atoms with van der Waals surface area (Å²) < 4.78 is 8.61. The van der Waals surface area contributed by atoms with Crippen molar-refractivity contribution in [3.8, 4) is 17.1 Å². The highest BCUT2D eigenvalue weighted by atomic mass is 16.3. The van der Waals surface area contributed by atoms with Gasteiger partial charge in [0.1, 0.15) is 17.0 Å². The standard InChI is InChI=1S/C26H22N2O/c1-15(2)23-24-19-9-4-5-10-21(19)29-22(24)14-20-16(3)17-7-6-8-18(13-17)26-27-11-12-28(26)25(20)23/h4-16H,1-3H3. The summed E-state index contributed by atoms with van der Waals surface area (Å²) in [6, 6.07) is 19.4. The lowest BCUT2D eigenvalue weighted by atomic mass is 9.84. The highest BCUT2D eigenvalue weighted by Crippen LogP contribution is 2.45. The fourth-order valence-corrected chi connectivity index (χ4v) is 4.91. The van der Waals surface area contributed by atoms with Gasteiger partial charge in [-0.15, -0.1) is 0 Å². The van der Waals surface area contributed by atoms with Gasteiger partial charge in [-0.1, -0.05) is 57.2 Å². The van der Waals surface area contributed by atoms with Crippen LogP contribution in [0.5, 0.6) is 0 Å². The first kappa shape index (κ1) is 16.6. The van der Waals surface area contributed by atoms with Gasteiger partial charge in [0.05, 0.1) is 5.69 Å². The Hall–Kier alpha value is -3.33. The van der Waals surface area contributed by atoms with Crippen molar-refractivity contribution >= 4 is 21.9 Å². The third-order valence-electron chi connectivity index (χ3n) is 6.28. The van der Waals surface area contributed by atoms with Crippen LogP contribution in [0.2, 0.25) is 0 Å². The Kier molecular flexibility index (Phi) is 3.34. The van der Waals surface area contributed by atoms with Gasteiger partial charge in [0.25, 0.3) is 0 Å². The summed E-state index contributed by atoms with van der Waals surface area (Å²) in [4.78, 5) is 4.73. The highest BCUT2D eigenvalue weighted by Gasteiger charge is 2.28. The Morgan fingerprint density at radius 3 is 2.72 bits per heavy atom. The van der Waals surface area contributed by atoms with Gasteiger partial charge in [-0.3, -0.25) is 4.57 Å². The predicted octanol–water partition coefficient (Wildman–Crippen LogP) is 7.03. The molecule has 2 bridgehead atoms. The zero-order valence-corrected chi connectivity index (χ0v) is 16.8. The van der Waals surface area contributed by atoms with E-state index in [2.05, 4.69) is 80.1 Å². The van der Waals surface area contributed by atoms with Gasteiger partial charge in [-0.2, -0.15) is 0 Å². The molecule has 0 amide bonds. The molecule has 2 aromatic heterocycles. The fourth-order valence-electron chi connectivity index (χ4n) is 4.91. The van der Waals surface area contributed by atoms with Crippen LogP contribution in [0.25, 0.3) is 39.0 Å². The number of hydrogen-bond acceptors (Lipinski definition) is 2. The van der Waals surface area contributed by atoms with E-state index >= 15 is 0 Å². The van der Waals surface area contributed by atoms with E-state index in [0.29, 0.717) is 5.92 Å². The monoisotopic (exact) mass is 378 g/mol. The molecule has 0 radical (unpaired) electrons. The Bertz CT molecular complexity index is 1400. The van der Waals surface area contributed by atoms with Crippen LogP contribution in [0.4, 0.5) is 0 Å². The van der Waals surface area contributed by atoms with Crippen molar-refractivity contribution in [2.75, 3.05) is 0 Å². The van der Waals surface area contributed by atoms with Crippen molar-refractivity contribution in [3.05, 3.63) is 83.7 Å². The minimum Gasteiger partial charge on any atom is -0.456 e. The Labute approximate surface area is 169 Å². The number of aromatic nitrogens is 2. The quantitative estimate of drug-likeness (QED) is 0.313. The first-order valence-electron chi connectivity index (χ1n) is 10.3. The molecule has 142 valence electrons. The average molecular weight is 378 g/mol. The second kappa shape index (κ2) is 5.84. The molecule has 1 aliphatic rings. The molecule has 0 fully saturated rings. The molecule has 3 aromatic carbocycles. The van der Waals surface area contributed by atoms with E-state index in [-0.39, 0.29) is 5.92 Å². The van der Waals surface area contributed by atoms with Gasteiger partial charge in [0.15, 0.2) is 0 Å². The van der Waals surface area contributed by atoms with Gasteiger partial charge in [0, 0.05) is 34.6 Å². The summed E-state index contributed by atoms with van der Waals surface area (Å²) in [5, 5.41) is 2.41. The molecule has 1 unspecified atom stereocenters. The zero-order valence-electron chi connectivity index (χ0n) is 16.8. The molecular formula is C26H22N2O. The summed E-state index contributed by atoms with van der Waals surface area (Å²) in [5.74, 6) is 1.60. The molecule has 0 N–H and O–H groups in total. The molecule has 5 aromatic rings. The molecule has 3 heterocycles. The number of para-hydroxylation sites is 1. The Balaban J connectivity index is 1.85. The van der Waals surface area contributed by atoms with Crippen molar-refractivity contribution in [2.24, 2.45) is 0 Å². The van der Waals surface area contributed by atoms with Crippen LogP contribution in [-0.2, 0) is 0 Å². The van der Waals surface area contributed by atoms with Gasteiger partial charge >= 0.3 is 0 Å². The summed E-state index contributed by atoms with van der Waals surface area (Å²) in [6.45, 7) is 6.84. The van der Waals surface area contributed by atoms with E-state index in [9.17, 15) is 0 Å². The normalized spacial score (nSPS) is 15.4. The van der Waals surface area contributed by atoms with Gasteiger partial charge in [-0.05, 0) is 40.8 Å². The van der Waals surface area contributed by atoms with E-state index in [0.717, 1.165) is 22.6 Å². The summed E-state index contributed by atoms with van der Waals surface area (Å²) in [6.07, 6.45) is 4.00. The number of fused-ring (bicyclic) bond motifs is 9. The minimum absolute atomic E-state index is 0.260. The molecular weight excluding hydrogens is 356 g/mol. The van der Waals surface area contributed by atoms with E-state index in [1.807, 2.05) is 12.3 Å². The highest BCUT2D eigenvalue weighted by molar-refractivity contribution is 6.08. The Morgan fingerprint density at radius 2 is 1.86 bits per heavy atom. The molecule has 0 saturated carbocycles. The van der Waals surface area contributed by atoms with Crippen LogP contribution < -0.4 is 0 Å². The largest absolute Gasteiger partial charge is 0.456 e. The summed E-state index contributed by atoms with van der Waals surface area (Å²) in [7, 11) is 0. The fraction of sp³-hybridized carbons (Fsp3) is 0.192. The van der Waals surface area contributed by atoms with Crippen LogP contribution in [0.3, 0.4) is 0 Å². The van der Waals surface area contributed by atoms with E-state index in [1.165, 1.54) is 33.2 Å². The molecule has 0 spiro atoms. The van der Waals surface area contributed by atoms with Crippen molar-refractivity contribution < 1.29 is 4.42 Å². The van der Waals surface area contributed by atoms with Crippen molar-refractivity contribution in [3.63, 3.8) is 0 Å². The van der Waals surface area contributed by atoms with Crippen molar-refractivity contribution in [1.82, 2.24) is 9.55 Å². The summed E-state index contributed by atoms with van der Waals surface area (Å²) in [5.41, 5.74) is 8.27. The third-order valence-corrected chi connectivity index (χ3v) is 6.28. The maximum Gasteiger partial charge on any atom is 0.144 e. The predicted molar refractivity (Wildman–Crippen MR) is 118 cm³/mol. The average Bonchev–Trinajstić information content (AvgIpc) is 3.35. The molecule has 0 saturated heterocycles. The van der Waals surface area contributed by atoms with Gasteiger partial charge in [-0.25, -0.2) is 4.98 Å². The summed E-state index contributed by atoms with van der Waals surface area (Å²) >= 11 is 0. The number of rotatable bonds is 1. The topological polar surface area (TPSA) is 31.0 Å². The number of benzene rings is 3.